The molecule has 172 valence electrons. The molecule has 1 N–H and O–H groups in total. The van der Waals surface area contributed by atoms with Crippen molar-refractivity contribution in [1.29, 1.82) is 0 Å². The summed E-state index contributed by atoms with van der Waals surface area (Å²) in [5.74, 6) is 3.59. The Kier molecular flexibility index (Phi) is 5.31. The molecule has 0 aromatic heterocycles. The van der Waals surface area contributed by atoms with Crippen molar-refractivity contribution in [2.24, 2.45) is 17.8 Å². The molecule has 4 nitrogen and oxygen atoms in total. The number of ether oxygens (including phenoxy) is 1. The molecule has 2 aromatic carbocycles. The monoisotopic (exact) mass is 453 g/mol. The summed E-state index contributed by atoms with van der Waals surface area (Å²) in [7, 11) is -2.06. The van der Waals surface area contributed by atoms with Gasteiger partial charge in [-0.15, -0.1) is 0 Å². The predicted octanol–water partition coefficient (Wildman–Crippen LogP) is 6.40. The first-order valence-electron chi connectivity index (χ1n) is 12.0. The molecule has 4 fully saturated rings. The SMILES string of the molecule is COc1cc(C)c(S(=O)(=O)Nc2ccc(C34CC5CC(CC(C5)C3)C4)cc2)cc1C(C)C. The van der Waals surface area contributed by atoms with Gasteiger partial charge in [-0.1, -0.05) is 26.0 Å². The van der Waals surface area contributed by atoms with Crippen LogP contribution in [0.25, 0.3) is 0 Å². The van der Waals surface area contributed by atoms with Crippen molar-refractivity contribution in [1.82, 2.24) is 0 Å². The lowest BCUT2D eigenvalue weighted by molar-refractivity contribution is -0.00518. The summed E-state index contributed by atoms with van der Waals surface area (Å²) in [6.07, 6.45) is 8.22. The van der Waals surface area contributed by atoms with E-state index in [1.165, 1.54) is 44.1 Å². The highest BCUT2D eigenvalue weighted by Gasteiger charge is 2.51. The molecule has 6 rings (SSSR count). The lowest BCUT2D eigenvalue weighted by Crippen LogP contribution is -2.48. The number of hydrogen-bond donors (Lipinski definition) is 1. The van der Waals surface area contributed by atoms with E-state index in [9.17, 15) is 8.42 Å². The molecule has 0 aliphatic heterocycles. The molecule has 2 aromatic rings. The number of rotatable bonds is 6. The van der Waals surface area contributed by atoms with Crippen LogP contribution in [0.4, 0.5) is 5.69 Å². The highest BCUT2D eigenvalue weighted by molar-refractivity contribution is 7.92. The molecule has 0 amide bonds. The van der Waals surface area contributed by atoms with Crippen molar-refractivity contribution in [3.63, 3.8) is 0 Å². The molecule has 0 radical (unpaired) electrons. The first-order valence-corrected chi connectivity index (χ1v) is 13.5. The maximum Gasteiger partial charge on any atom is 0.262 e. The standard InChI is InChI=1S/C27H35NO3S/c1-17(2)24-13-26(18(3)9-25(24)31-4)32(29,30)28-23-7-5-22(6-8-23)27-14-19-10-20(15-27)12-21(11-19)16-27/h5-9,13,17,19-21,28H,10-12,14-16H2,1-4H3. The van der Waals surface area contributed by atoms with Gasteiger partial charge in [0.15, 0.2) is 0 Å². The zero-order chi connectivity index (χ0) is 22.7. The number of methoxy groups -OCH3 is 1. The molecular weight excluding hydrogens is 418 g/mol. The molecule has 4 aliphatic carbocycles. The highest BCUT2D eigenvalue weighted by atomic mass is 32.2. The third-order valence-corrected chi connectivity index (χ3v) is 9.75. The molecular formula is C27H35NO3S. The summed E-state index contributed by atoms with van der Waals surface area (Å²) < 4.78 is 34.8. The highest BCUT2D eigenvalue weighted by Crippen LogP contribution is 2.60. The smallest absolute Gasteiger partial charge is 0.262 e. The second kappa shape index (κ2) is 7.79. The van der Waals surface area contributed by atoms with Gasteiger partial charge in [0.1, 0.15) is 5.75 Å². The Balaban J connectivity index is 1.40. The fraction of sp³-hybridized carbons (Fsp3) is 0.556. The van der Waals surface area contributed by atoms with Gasteiger partial charge in [-0.3, -0.25) is 4.72 Å². The van der Waals surface area contributed by atoms with Crippen molar-refractivity contribution < 1.29 is 13.2 Å². The molecule has 4 saturated carbocycles. The number of anilines is 1. The van der Waals surface area contributed by atoms with Gasteiger partial charge in [0.2, 0.25) is 0 Å². The molecule has 0 saturated heterocycles. The molecule has 4 aliphatic rings. The first kappa shape index (κ1) is 21.8. The third kappa shape index (κ3) is 3.72. The number of nitrogens with one attached hydrogen (secondary N) is 1. The van der Waals surface area contributed by atoms with Crippen LogP contribution in [0.15, 0.2) is 41.3 Å². The zero-order valence-electron chi connectivity index (χ0n) is 19.6. The Hall–Kier alpha value is -2.01. The molecule has 32 heavy (non-hydrogen) atoms. The summed E-state index contributed by atoms with van der Waals surface area (Å²) in [6, 6.07) is 11.8. The topological polar surface area (TPSA) is 55.4 Å². The van der Waals surface area contributed by atoms with Crippen molar-refractivity contribution in [2.75, 3.05) is 11.8 Å². The van der Waals surface area contributed by atoms with Crippen molar-refractivity contribution >= 4 is 15.7 Å². The van der Waals surface area contributed by atoms with E-state index in [0.29, 0.717) is 21.6 Å². The minimum Gasteiger partial charge on any atom is -0.496 e. The van der Waals surface area contributed by atoms with Crippen LogP contribution in [0.5, 0.6) is 5.75 Å². The molecule has 4 bridgehead atoms. The van der Waals surface area contributed by atoms with Gasteiger partial charge < -0.3 is 4.74 Å². The Labute approximate surface area is 192 Å². The fourth-order valence-electron chi connectivity index (χ4n) is 7.16. The summed E-state index contributed by atoms with van der Waals surface area (Å²) in [5, 5.41) is 0. The van der Waals surface area contributed by atoms with Gasteiger partial charge in [0, 0.05) is 5.69 Å². The summed E-state index contributed by atoms with van der Waals surface area (Å²) in [5.41, 5.74) is 3.94. The van der Waals surface area contributed by atoms with Crippen LogP contribution in [-0.2, 0) is 15.4 Å². The second-order valence-electron chi connectivity index (χ2n) is 10.9. The zero-order valence-corrected chi connectivity index (χ0v) is 20.5. The van der Waals surface area contributed by atoms with Crippen LogP contribution in [-0.4, -0.2) is 15.5 Å². The normalized spacial score (nSPS) is 28.8. The number of aryl methyl sites for hydroxylation is 1. The van der Waals surface area contributed by atoms with E-state index in [2.05, 4.69) is 16.9 Å². The van der Waals surface area contributed by atoms with E-state index >= 15 is 0 Å². The molecule has 0 unspecified atom stereocenters. The van der Waals surface area contributed by atoms with Gasteiger partial charge >= 0.3 is 0 Å². The largest absolute Gasteiger partial charge is 0.496 e. The molecule has 0 spiro atoms. The minimum absolute atomic E-state index is 0.166. The number of benzene rings is 2. The van der Waals surface area contributed by atoms with Crippen LogP contribution in [0.3, 0.4) is 0 Å². The predicted molar refractivity (Wildman–Crippen MR) is 129 cm³/mol. The van der Waals surface area contributed by atoms with Gasteiger partial charge in [-0.2, -0.15) is 0 Å². The maximum absolute atomic E-state index is 13.3. The van der Waals surface area contributed by atoms with Crippen LogP contribution in [0, 0.1) is 24.7 Å². The third-order valence-electron chi connectivity index (χ3n) is 8.23. The van der Waals surface area contributed by atoms with E-state index in [4.69, 9.17) is 4.74 Å². The van der Waals surface area contributed by atoms with Crippen LogP contribution >= 0.6 is 0 Å². The Morgan fingerprint density at radius 3 is 2.03 bits per heavy atom. The lowest BCUT2D eigenvalue weighted by atomic mass is 9.48. The van der Waals surface area contributed by atoms with E-state index in [-0.39, 0.29) is 5.92 Å². The van der Waals surface area contributed by atoms with E-state index in [1.54, 1.807) is 13.2 Å². The van der Waals surface area contributed by atoms with Crippen LogP contribution in [0.2, 0.25) is 0 Å². The lowest BCUT2D eigenvalue weighted by Gasteiger charge is -2.57. The van der Waals surface area contributed by atoms with Crippen molar-refractivity contribution in [3.05, 3.63) is 53.1 Å². The van der Waals surface area contributed by atoms with Gasteiger partial charge in [-0.05, 0) is 115 Å². The van der Waals surface area contributed by atoms with Crippen LogP contribution in [0.1, 0.15) is 75.0 Å². The Morgan fingerprint density at radius 1 is 0.969 bits per heavy atom. The summed E-state index contributed by atoms with van der Waals surface area (Å²) in [6.45, 7) is 5.90. The Bertz CT molecular complexity index is 1080. The molecule has 5 heteroatoms. The average molecular weight is 454 g/mol. The summed E-state index contributed by atoms with van der Waals surface area (Å²) in [4.78, 5) is 0.312. The number of sulfonamides is 1. The van der Waals surface area contributed by atoms with Crippen molar-refractivity contribution in [2.45, 2.75) is 75.5 Å². The van der Waals surface area contributed by atoms with Crippen LogP contribution < -0.4 is 9.46 Å². The number of hydrogen-bond acceptors (Lipinski definition) is 3. The minimum atomic E-state index is -3.69. The molecule has 0 heterocycles. The van der Waals surface area contributed by atoms with E-state index in [0.717, 1.165) is 29.1 Å². The quantitative estimate of drug-likeness (QED) is 0.551. The van der Waals surface area contributed by atoms with Crippen molar-refractivity contribution in [3.8, 4) is 5.75 Å². The molecule has 0 atom stereocenters. The van der Waals surface area contributed by atoms with E-state index < -0.39 is 10.0 Å². The van der Waals surface area contributed by atoms with Gasteiger partial charge in [-0.25, -0.2) is 8.42 Å². The second-order valence-corrected chi connectivity index (χ2v) is 12.5. The Morgan fingerprint density at radius 2 is 1.53 bits per heavy atom. The van der Waals surface area contributed by atoms with Gasteiger partial charge in [0.05, 0.1) is 12.0 Å². The maximum atomic E-state index is 13.3. The van der Waals surface area contributed by atoms with Gasteiger partial charge in [0.25, 0.3) is 10.0 Å². The summed E-state index contributed by atoms with van der Waals surface area (Å²) >= 11 is 0. The fourth-order valence-corrected chi connectivity index (χ4v) is 8.48. The average Bonchev–Trinajstić information content (AvgIpc) is 2.72. The van der Waals surface area contributed by atoms with E-state index in [1.807, 2.05) is 39.0 Å². The first-order chi connectivity index (χ1) is 15.2.